The van der Waals surface area contributed by atoms with Crippen molar-refractivity contribution in [3.63, 3.8) is 0 Å². The maximum atomic E-state index is 13.3. The van der Waals surface area contributed by atoms with Crippen molar-refractivity contribution in [2.24, 2.45) is 11.8 Å². The lowest BCUT2D eigenvalue weighted by molar-refractivity contribution is -0.136. The molecule has 1 saturated carbocycles. The molecule has 1 unspecified atom stereocenters. The number of hydrogen-bond acceptors (Lipinski definition) is 12. The molecule has 57 heavy (non-hydrogen) atoms. The second-order valence-corrected chi connectivity index (χ2v) is 16.2. The number of piperidine rings is 3. The monoisotopic (exact) mass is 773 g/mol. The number of imide groups is 2. The Morgan fingerprint density at radius 3 is 2.42 bits per heavy atom. The molecule has 5 aliphatic rings. The highest BCUT2D eigenvalue weighted by Crippen LogP contribution is 2.36. The van der Waals surface area contributed by atoms with Crippen LogP contribution in [0.25, 0.3) is 11.2 Å². The van der Waals surface area contributed by atoms with Gasteiger partial charge in [-0.2, -0.15) is 0 Å². The van der Waals surface area contributed by atoms with Crippen LogP contribution < -0.4 is 20.9 Å². The fraction of sp³-hybridized carbons (Fsp3) is 0.488. The molecule has 9 rings (SSSR count). The second-order valence-electron chi connectivity index (χ2n) is 16.2. The maximum absolute atomic E-state index is 13.3. The summed E-state index contributed by atoms with van der Waals surface area (Å²) in [4.78, 5) is 87.2. The third-order valence-electron chi connectivity index (χ3n) is 12.5. The molecule has 0 bridgehead atoms. The topological polar surface area (TPSA) is 188 Å². The summed E-state index contributed by atoms with van der Waals surface area (Å²) in [5.41, 5.74) is 4.38. The molecule has 3 saturated heterocycles. The van der Waals surface area contributed by atoms with Crippen LogP contribution in [-0.2, 0) is 9.59 Å². The number of rotatable bonds is 10. The lowest BCUT2D eigenvalue weighted by Gasteiger charge is -2.38. The molecule has 1 atom stereocenters. The number of nitrogens with zero attached hydrogens (tertiary/aromatic N) is 8. The maximum Gasteiger partial charge on any atom is 0.270 e. The summed E-state index contributed by atoms with van der Waals surface area (Å²) in [6, 6.07) is 10.2. The van der Waals surface area contributed by atoms with Crippen LogP contribution in [0.1, 0.15) is 94.3 Å². The van der Waals surface area contributed by atoms with Gasteiger partial charge in [0.25, 0.3) is 17.7 Å². The molecule has 16 nitrogen and oxygen atoms in total. The highest BCUT2D eigenvalue weighted by atomic mass is 16.2. The first-order valence-corrected chi connectivity index (χ1v) is 20.2. The molecule has 0 radical (unpaired) electrons. The zero-order valence-electron chi connectivity index (χ0n) is 32.0. The van der Waals surface area contributed by atoms with Crippen molar-refractivity contribution >= 4 is 52.2 Å². The summed E-state index contributed by atoms with van der Waals surface area (Å²) in [5, 5.41) is 8.93. The van der Waals surface area contributed by atoms with Crippen molar-refractivity contribution in [3.8, 4) is 0 Å². The van der Waals surface area contributed by atoms with E-state index in [4.69, 9.17) is 4.98 Å². The van der Waals surface area contributed by atoms with E-state index >= 15 is 0 Å². The Bertz CT molecular complexity index is 2240. The predicted molar refractivity (Wildman–Crippen MR) is 210 cm³/mol. The number of pyridine rings is 1. The summed E-state index contributed by atoms with van der Waals surface area (Å²) in [6.45, 7) is 7.64. The minimum Gasteiger partial charge on any atom is -0.371 e. The van der Waals surface area contributed by atoms with Crippen LogP contribution in [0, 0.1) is 18.8 Å². The number of hydrogen-bond donors (Lipinski definition) is 3. The Morgan fingerprint density at radius 2 is 1.65 bits per heavy atom. The number of aryl methyl sites for hydroxylation is 1. The third kappa shape index (κ3) is 7.33. The Hall–Kier alpha value is -5.77. The SMILES string of the molecule is Cc1cccc(C(=O)NC2CC(n3cnc4c(NCC5CCN(CC6CCN(c7ccc8c(c7)C(=O)N(C7CCC(=O)NC7=O)C8=O)CC6)CC5)ncnc43)C2)n1. The van der Waals surface area contributed by atoms with Crippen molar-refractivity contribution in [1.82, 2.24) is 44.9 Å². The average Bonchev–Trinajstić information content (AvgIpc) is 3.74. The van der Waals surface area contributed by atoms with Gasteiger partial charge < -0.3 is 25.0 Å². The van der Waals surface area contributed by atoms with E-state index < -0.39 is 23.8 Å². The Labute approximate surface area is 329 Å². The first kappa shape index (κ1) is 36.8. The van der Waals surface area contributed by atoms with Gasteiger partial charge in [-0.1, -0.05) is 6.07 Å². The quantitative estimate of drug-likeness (QED) is 0.200. The van der Waals surface area contributed by atoms with Gasteiger partial charge in [-0.25, -0.2) is 19.9 Å². The molecule has 296 valence electrons. The first-order chi connectivity index (χ1) is 27.7. The van der Waals surface area contributed by atoms with Crippen LogP contribution in [-0.4, -0.2) is 115 Å². The number of likely N-dealkylation sites (tertiary alicyclic amines) is 1. The number of amides is 5. The van der Waals surface area contributed by atoms with E-state index in [9.17, 15) is 24.0 Å². The van der Waals surface area contributed by atoms with Crippen LogP contribution in [0.15, 0.2) is 49.1 Å². The molecule has 4 fully saturated rings. The van der Waals surface area contributed by atoms with Crippen LogP contribution in [0.5, 0.6) is 0 Å². The van der Waals surface area contributed by atoms with Crippen molar-refractivity contribution in [1.29, 1.82) is 0 Å². The summed E-state index contributed by atoms with van der Waals surface area (Å²) in [7, 11) is 0. The number of imidazole rings is 1. The zero-order chi connectivity index (χ0) is 39.2. The Morgan fingerprint density at radius 1 is 0.877 bits per heavy atom. The van der Waals surface area contributed by atoms with Crippen LogP contribution in [0.2, 0.25) is 0 Å². The molecule has 7 heterocycles. The molecule has 4 aliphatic heterocycles. The molecule has 1 aliphatic carbocycles. The minimum atomic E-state index is -0.963. The Balaban J connectivity index is 0.716. The number of fused-ring (bicyclic) bond motifs is 2. The average molecular weight is 774 g/mol. The molecule has 3 aromatic heterocycles. The molecule has 0 spiro atoms. The smallest absolute Gasteiger partial charge is 0.270 e. The van der Waals surface area contributed by atoms with Gasteiger partial charge >= 0.3 is 0 Å². The number of carbonyl (C=O) groups is 5. The number of carbonyl (C=O) groups excluding carboxylic acids is 5. The molecular formula is C41H47N11O5. The largest absolute Gasteiger partial charge is 0.371 e. The zero-order valence-corrected chi connectivity index (χ0v) is 32.0. The van der Waals surface area contributed by atoms with E-state index in [1.807, 2.05) is 31.5 Å². The van der Waals surface area contributed by atoms with Crippen molar-refractivity contribution in [3.05, 3.63) is 71.6 Å². The van der Waals surface area contributed by atoms with Gasteiger partial charge in [0.1, 0.15) is 23.6 Å². The molecule has 4 aromatic rings. The van der Waals surface area contributed by atoms with Gasteiger partial charge in [-0.15, -0.1) is 0 Å². The van der Waals surface area contributed by atoms with E-state index in [1.165, 1.54) is 0 Å². The highest BCUT2D eigenvalue weighted by molar-refractivity contribution is 6.23. The number of nitrogens with one attached hydrogen (secondary N) is 3. The van der Waals surface area contributed by atoms with E-state index in [-0.39, 0.29) is 36.7 Å². The van der Waals surface area contributed by atoms with Crippen molar-refractivity contribution in [2.75, 3.05) is 49.5 Å². The fourth-order valence-corrected chi connectivity index (χ4v) is 9.12. The first-order valence-electron chi connectivity index (χ1n) is 20.2. The van der Waals surface area contributed by atoms with Gasteiger partial charge in [-0.3, -0.25) is 34.2 Å². The lowest BCUT2D eigenvalue weighted by Crippen LogP contribution is -2.54. The molecular weight excluding hydrogens is 727 g/mol. The van der Waals surface area contributed by atoms with Crippen molar-refractivity contribution in [2.45, 2.75) is 76.4 Å². The van der Waals surface area contributed by atoms with Gasteiger partial charge in [0.2, 0.25) is 11.8 Å². The summed E-state index contributed by atoms with van der Waals surface area (Å²) >= 11 is 0. The van der Waals surface area contributed by atoms with Crippen LogP contribution >= 0.6 is 0 Å². The van der Waals surface area contributed by atoms with E-state index in [0.717, 1.165) is 111 Å². The molecule has 3 N–H and O–H groups in total. The summed E-state index contributed by atoms with van der Waals surface area (Å²) in [5.74, 6) is -0.193. The van der Waals surface area contributed by atoms with Gasteiger partial charge in [0.15, 0.2) is 11.5 Å². The second kappa shape index (κ2) is 15.3. The van der Waals surface area contributed by atoms with Gasteiger partial charge in [0.05, 0.1) is 17.5 Å². The van der Waals surface area contributed by atoms with Crippen molar-refractivity contribution < 1.29 is 24.0 Å². The molecule has 16 heteroatoms. The summed E-state index contributed by atoms with van der Waals surface area (Å²) < 4.78 is 2.10. The minimum absolute atomic E-state index is 0.0842. The lowest BCUT2D eigenvalue weighted by atomic mass is 9.86. The van der Waals surface area contributed by atoms with E-state index in [0.29, 0.717) is 28.7 Å². The Kier molecular flexibility index (Phi) is 9.88. The summed E-state index contributed by atoms with van der Waals surface area (Å²) in [6.07, 6.45) is 9.61. The molecule has 1 aromatic carbocycles. The number of benzene rings is 1. The van der Waals surface area contributed by atoms with Crippen LogP contribution in [0.4, 0.5) is 11.5 Å². The van der Waals surface area contributed by atoms with Gasteiger partial charge in [0, 0.05) is 56.1 Å². The number of aromatic nitrogens is 5. The van der Waals surface area contributed by atoms with Crippen LogP contribution in [0.3, 0.4) is 0 Å². The highest BCUT2D eigenvalue weighted by Gasteiger charge is 2.45. The van der Waals surface area contributed by atoms with E-state index in [1.54, 1.807) is 24.5 Å². The molecule has 5 amide bonds. The standard InChI is InChI=1S/C41H47N11O5/c1-24-3-2-4-32(46-24)38(54)47-27-17-29(18-27)51-23-45-35-36(43-22-44-37(35)51)42-20-25-9-13-49(14-10-25)21-26-11-15-50(16-12-26)28-5-6-30-31(19-28)41(57)52(40(30)56)33-7-8-34(53)48-39(33)55/h2-6,19,22-23,25-27,29,33H,7-18,20-21H2,1H3,(H,47,54)(H,42,43,44)(H,48,53,55). The fourth-order valence-electron chi connectivity index (χ4n) is 9.12. The van der Waals surface area contributed by atoms with Gasteiger partial charge in [-0.05, 0) is 107 Å². The van der Waals surface area contributed by atoms with E-state index in [2.05, 4.69) is 45.3 Å². The normalized spacial score (nSPS) is 23.4. The third-order valence-corrected chi connectivity index (χ3v) is 12.5. The predicted octanol–water partition coefficient (Wildman–Crippen LogP) is 3.10. The number of anilines is 2.